The van der Waals surface area contributed by atoms with Crippen LogP contribution in [0.25, 0.3) is 6.08 Å². The molecule has 3 N–H and O–H groups in total. The van der Waals surface area contributed by atoms with Crippen LogP contribution in [0.1, 0.15) is 5.76 Å². The number of carbonyl (C=O) groups is 1. The van der Waals surface area contributed by atoms with Gasteiger partial charge in [0.15, 0.2) is 5.11 Å². The van der Waals surface area contributed by atoms with E-state index in [9.17, 15) is 4.79 Å². The lowest BCUT2D eigenvalue weighted by Crippen LogP contribution is -2.43. The van der Waals surface area contributed by atoms with Crippen LogP contribution in [0.4, 0.5) is 5.69 Å². The minimum atomic E-state index is -0.355. The summed E-state index contributed by atoms with van der Waals surface area (Å²) < 4.78 is 5.06. The van der Waals surface area contributed by atoms with Crippen LogP contribution in [0.3, 0.4) is 0 Å². The van der Waals surface area contributed by atoms with Gasteiger partial charge in [0, 0.05) is 16.8 Å². The fourth-order valence-electron chi connectivity index (χ4n) is 1.40. The van der Waals surface area contributed by atoms with Crippen molar-refractivity contribution in [2.75, 3.05) is 5.32 Å². The van der Waals surface area contributed by atoms with Gasteiger partial charge in [-0.2, -0.15) is 0 Å². The van der Waals surface area contributed by atoms with Crippen molar-refractivity contribution >= 4 is 46.6 Å². The van der Waals surface area contributed by atoms with Gasteiger partial charge in [0.05, 0.1) is 6.26 Å². The second kappa shape index (κ2) is 7.47. The highest BCUT2D eigenvalue weighted by molar-refractivity contribution is 7.80. The van der Waals surface area contributed by atoms with Gasteiger partial charge in [0.1, 0.15) is 5.76 Å². The van der Waals surface area contributed by atoms with Crippen LogP contribution in [0.5, 0.6) is 0 Å². The zero-order valence-electron chi connectivity index (χ0n) is 10.8. The predicted molar refractivity (Wildman–Crippen MR) is 86.7 cm³/mol. The van der Waals surface area contributed by atoms with Crippen molar-refractivity contribution in [1.82, 2.24) is 10.9 Å². The number of furan rings is 1. The first-order chi connectivity index (χ1) is 10.1. The zero-order valence-corrected chi connectivity index (χ0v) is 12.4. The SMILES string of the molecule is O=C(/C=C/c1ccco1)NNC(=S)Nc1ccc(Cl)cc1. The maximum Gasteiger partial charge on any atom is 0.262 e. The zero-order chi connectivity index (χ0) is 15.1. The number of halogens is 1. The second-order valence-corrected chi connectivity index (χ2v) is 4.77. The molecule has 0 bridgehead atoms. The van der Waals surface area contributed by atoms with Gasteiger partial charge in [0.2, 0.25) is 0 Å². The number of anilines is 1. The summed E-state index contributed by atoms with van der Waals surface area (Å²) in [4.78, 5) is 11.5. The molecule has 0 atom stereocenters. The summed E-state index contributed by atoms with van der Waals surface area (Å²) >= 11 is 10.8. The van der Waals surface area contributed by atoms with Gasteiger partial charge >= 0.3 is 0 Å². The van der Waals surface area contributed by atoms with Crippen molar-refractivity contribution in [1.29, 1.82) is 0 Å². The van der Waals surface area contributed by atoms with E-state index in [0.29, 0.717) is 10.8 Å². The Labute approximate surface area is 131 Å². The Morgan fingerprint density at radius 2 is 1.95 bits per heavy atom. The Balaban J connectivity index is 1.75. The number of carbonyl (C=O) groups excluding carboxylic acids is 1. The number of hydrogen-bond donors (Lipinski definition) is 3. The number of hydrazine groups is 1. The van der Waals surface area contributed by atoms with Crippen molar-refractivity contribution in [3.05, 3.63) is 59.5 Å². The first kappa shape index (κ1) is 15.1. The lowest BCUT2D eigenvalue weighted by Gasteiger charge is -2.10. The van der Waals surface area contributed by atoms with Crippen LogP contribution in [0, 0.1) is 0 Å². The van der Waals surface area contributed by atoms with Gasteiger partial charge in [-0.3, -0.25) is 15.6 Å². The van der Waals surface area contributed by atoms with E-state index in [1.807, 2.05) is 0 Å². The molecule has 0 spiro atoms. The molecule has 0 fully saturated rings. The van der Waals surface area contributed by atoms with Crippen LogP contribution < -0.4 is 16.2 Å². The van der Waals surface area contributed by atoms with Crippen molar-refractivity contribution in [3.63, 3.8) is 0 Å². The maximum absolute atomic E-state index is 11.5. The van der Waals surface area contributed by atoms with E-state index < -0.39 is 0 Å². The van der Waals surface area contributed by atoms with Gasteiger partial charge < -0.3 is 9.73 Å². The molecule has 108 valence electrons. The molecule has 7 heteroatoms. The number of hydrogen-bond acceptors (Lipinski definition) is 3. The summed E-state index contributed by atoms with van der Waals surface area (Å²) in [6.07, 6.45) is 4.41. The molecule has 21 heavy (non-hydrogen) atoms. The van der Waals surface area contributed by atoms with E-state index in [0.717, 1.165) is 5.69 Å². The van der Waals surface area contributed by atoms with E-state index in [2.05, 4.69) is 16.2 Å². The standard InChI is InChI=1S/C14H12ClN3O2S/c15-10-3-5-11(6-4-10)16-14(21)18-17-13(19)8-7-12-2-1-9-20-12/h1-9H,(H,17,19)(H2,16,18,21)/b8-7+. The van der Waals surface area contributed by atoms with Gasteiger partial charge in [-0.25, -0.2) is 0 Å². The Hall–Kier alpha value is -2.31. The number of thiocarbonyl (C=S) groups is 1. The molecule has 0 unspecified atom stereocenters. The summed E-state index contributed by atoms with van der Waals surface area (Å²) in [5.74, 6) is 0.235. The molecule has 2 aromatic rings. The molecule has 0 aliphatic heterocycles. The highest BCUT2D eigenvalue weighted by atomic mass is 35.5. The molecule has 1 aromatic heterocycles. The second-order valence-electron chi connectivity index (χ2n) is 3.92. The molecular formula is C14H12ClN3O2S. The van der Waals surface area contributed by atoms with Gasteiger partial charge in [0.25, 0.3) is 5.91 Å². The van der Waals surface area contributed by atoms with E-state index in [1.54, 1.807) is 42.5 Å². The highest BCUT2D eigenvalue weighted by Gasteiger charge is 1.99. The minimum absolute atomic E-state index is 0.261. The maximum atomic E-state index is 11.5. The largest absolute Gasteiger partial charge is 0.465 e. The fourth-order valence-corrected chi connectivity index (χ4v) is 1.69. The van der Waals surface area contributed by atoms with Crippen molar-refractivity contribution in [2.24, 2.45) is 0 Å². The topological polar surface area (TPSA) is 66.3 Å². The van der Waals surface area contributed by atoms with E-state index in [-0.39, 0.29) is 11.0 Å². The molecule has 0 saturated carbocycles. The van der Waals surface area contributed by atoms with Crippen LogP contribution >= 0.6 is 23.8 Å². The first-order valence-electron chi connectivity index (χ1n) is 5.97. The molecule has 1 amide bonds. The lowest BCUT2D eigenvalue weighted by atomic mass is 10.3. The van der Waals surface area contributed by atoms with Crippen LogP contribution in [0.2, 0.25) is 5.02 Å². The summed E-state index contributed by atoms with van der Waals surface area (Å²) in [6, 6.07) is 10.5. The predicted octanol–water partition coefficient (Wildman–Crippen LogP) is 2.96. The summed E-state index contributed by atoms with van der Waals surface area (Å²) in [7, 11) is 0. The van der Waals surface area contributed by atoms with Gasteiger partial charge in [-0.1, -0.05) is 11.6 Å². The molecule has 1 aromatic carbocycles. The molecule has 0 aliphatic rings. The van der Waals surface area contributed by atoms with Crippen LogP contribution in [-0.2, 0) is 4.79 Å². The highest BCUT2D eigenvalue weighted by Crippen LogP contribution is 2.12. The van der Waals surface area contributed by atoms with Crippen molar-refractivity contribution in [3.8, 4) is 0 Å². The monoisotopic (exact) mass is 321 g/mol. The number of nitrogens with one attached hydrogen (secondary N) is 3. The average molecular weight is 322 g/mol. The molecule has 5 nitrogen and oxygen atoms in total. The van der Waals surface area contributed by atoms with Crippen LogP contribution in [0.15, 0.2) is 53.2 Å². The normalized spacial score (nSPS) is 10.3. The Morgan fingerprint density at radius 3 is 2.62 bits per heavy atom. The number of amides is 1. The molecular weight excluding hydrogens is 310 g/mol. The number of benzene rings is 1. The summed E-state index contributed by atoms with van der Waals surface area (Å²) in [6.45, 7) is 0. The quantitative estimate of drug-likeness (QED) is 0.461. The third kappa shape index (κ3) is 5.29. The smallest absolute Gasteiger partial charge is 0.262 e. The van der Waals surface area contributed by atoms with Gasteiger partial charge in [-0.05, 0) is 54.7 Å². The molecule has 0 aliphatic carbocycles. The van der Waals surface area contributed by atoms with E-state index >= 15 is 0 Å². The number of rotatable bonds is 3. The average Bonchev–Trinajstić information content (AvgIpc) is 2.99. The summed E-state index contributed by atoms with van der Waals surface area (Å²) in [5.41, 5.74) is 5.77. The van der Waals surface area contributed by atoms with Crippen LogP contribution in [-0.4, -0.2) is 11.0 Å². The van der Waals surface area contributed by atoms with E-state index in [4.69, 9.17) is 28.2 Å². The lowest BCUT2D eigenvalue weighted by molar-refractivity contribution is -0.116. The molecule has 0 radical (unpaired) electrons. The molecule has 2 rings (SSSR count). The third-order valence-corrected chi connectivity index (χ3v) is 2.80. The van der Waals surface area contributed by atoms with Crippen molar-refractivity contribution in [2.45, 2.75) is 0 Å². The Kier molecular flexibility index (Phi) is 5.36. The summed E-state index contributed by atoms with van der Waals surface area (Å²) in [5, 5.41) is 3.79. The minimum Gasteiger partial charge on any atom is -0.465 e. The van der Waals surface area contributed by atoms with Gasteiger partial charge in [-0.15, -0.1) is 0 Å². The Morgan fingerprint density at radius 1 is 1.19 bits per heavy atom. The Bertz CT molecular complexity index is 639. The van der Waals surface area contributed by atoms with Crippen molar-refractivity contribution < 1.29 is 9.21 Å². The molecule has 0 saturated heterocycles. The fraction of sp³-hybridized carbons (Fsp3) is 0. The third-order valence-electron chi connectivity index (χ3n) is 2.34. The van der Waals surface area contributed by atoms with E-state index in [1.165, 1.54) is 12.3 Å². The first-order valence-corrected chi connectivity index (χ1v) is 6.76. The molecule has 1 heterocycles.